The number of rotatable bonds is 18. The molecule has 0 fully saturated rings. The fourth-order valence-electron chi connectivity index (χ4n) is 15.3. The van der Waals surface area contributed by atoms with Crippen molar-refractivity contribution in [1.82, 2.24) is 14.8 Å². The predicted molar refractivity (Wildman–Crippen MR) is 427 cm³/mol. The summed E-state index contributed by atoms with van der Waals surface area (Å²) in [6, 6.07) is 69.6. The van der Waals surface area contributed by atoms with E-state index < -0.39 is 0 Å². The van der Waals surface area contributed by atoms with Gasteiger partial charge in [0.05, 0.1) is 5.82 Å². The molecule has 0 unspecified atom stereocenters. The summed E-state index contributed by atoms with van der Waals surface area (Å²) >= 11 is 9.48. The largest absolute Gasteiger partial charge is 0.289 e. The Bertz CT molecular complexity index is 3560. The Morgan fingerprint density at radius 1 is 0.358 bits per heavy atom. The van der Waals surface area contributed by atoms with Crippen molar-refractivity contribution in [3.63, 3.8) is 0 Å². The van der Waals surface area contributed by atoms with Gasteiger partial charge in [0.15, 0.2) is 0 Å². The van der Waals surface area contributed by atoms with E-state index in [0.29, 0.717) is 0 Å². The van der Waals surface area contributed by atoms with E-state index in [4.69, 9.17) is 10.1 Å². The summed E-state index contributed by atoms with van der Waals surface area (Å²) in [5.74, 6) is 1.68. The zero-order chi connectivity index (χ0) is 68.9. The van der Waals surface area contributed by atoms with Crippen LogP contribution in [0.1, 0.15) is 213 Å². The van der Waals surface area contributed by atoms with Crippen molar-refractivity contribution in [2.75, 3.05) is 4.93 Å². The van der Waals surface area contributed by atoms with Crippen LogP contribution in [-0.4, -0.2) is 19.7 Å². The molecule has 3 nitrogen and oxygen atoms in total. The standard InChI is InChI=1S/C86H106N3.CH3I.CH4.Ir.S2/c1-23-25-77-87-78(89(22)88-77)63-27-24-26-62(44-63)68-51-71(69-47-64(58-28-36-73(37-29-58)83(14,15)54-79(2,3)4)45-65(48-69)59-30-38-74(39-31-59)84(16,17)55-80(5,6)7)53-72(52-68)70-49-66(60-32-40-75(41-33-60)85(18,19)56-81(8,9)10)46-67(50-70)61-34-42-76(43-35-61)86(20,21)57-82(11,12)13;1-2;;;1-2/h24,26,28-53H,23,25,54-57H2,1-22H3;1H3;1H4;;/q-1;;;;. The number of aryl methyl sites for hydroxylation is 2. The molecule has 0 saturated carbocycles. The van der Waals surface area contributed by atoms with Crippen LogP contribution in [0.4, 0.5) is 0 Å². The van der Waals surface area contributed by atoms with Gasteiger partial charge in [0.1, 0.15) is 5.82 Å². The molecule has 0 aliphatic carbocycles. The smallest absolute Gasteiger partial charge is 0.140 e. The first-order valence-corrected chi connectivity index (χ1v) is 37.2. The molecule has 1 radical (unpaired) electrons. The van der Waals surface area contributed by atoms with Crippen molar-refractivity contribution in [3.8, 4) is 89.3 Å². The number of aromatic nitrogens is 3. The first-order valence-electron chi connectivity index (χ1n) is 33.7. The molecule has 0 aliphatic heterocycles. The van der Waals surface area contributed by atoms with Crippen molar-refractivity contribution in [2.24, 2.45) is 28.7 Å². The van der Waals surface area contributed by atoms with Gasteiger partial charge in [-0.2, -0.15) is 5.10 Å². The van der Waals surface area contributed by atoms with Gasteiger partial charge in [0.25, 0.3) is 0 Å². The maximum absolute atomic E-state index is 5.05. The molecule has 1 aromatic heterocycles. The van der Waals surface area contributed by atoms with Gasteiger partial charge in [-0.05, 0) is 230 Å². The molecule has 0 atom stereocenters. The number of hydrogen-bond donors (Lipinski definition) is 0. The van der Waals surface area contributed by atoms with Gasteiger partial charge in [-0.15, -0.1) is 35.4 Å². The number of halogens is 1. The number of nitrogens with zero attached hydrogens (tertiary/aromatic N) is 3. The first-order chi connectivity index (χ1) is 43.3. The molecule has 509 valence electrons. The Morgan fingerprint density at radius 2 is 0.589 bits per heavy atom. The van der Waals surface area contributed by atoms with Gasteiger partial charge in [0, 0.05) is 56.0 Å². The van der Waals surface area contributed by atoms with Crippen LogP contribution in [-0.2, 0) is 77.6 Å². The minimum absolute atomic E-state index is 0. The van der Waals surface area contributed by atoms with Gasteiger partial charge in [-0.1, -0.05) is 272 Å². The van der Waals surface area contributed by atoms with Crippen LogP contribution >= 0.6 is 22.6 Å². The van der Waals surface area contributed by atoms with Crippen LogP contribution in [0.15, 0.2) is 170 Å². The van der Waals surface area contributed by atoms with Crippen molar-refractivity contribution >= 4 is 45.0 Å². The molecule has 9 rings (SSSR count). The van der Waals surface area contributed by atoms with Crippen LogP contribution in [0, 0.1) is 27.7 Å². The SMILES string of the molecule is C.CCCc1nc(-c2[c-]ccc(-c3cc(-c4cc(-c5ccc(C(C)(C)CC(C)(C)C)cc5)cc(-c5ccc(C(C)(C)CC(C)(C)C)cc5)c4)cc(-c4cc(-c5ccc(C(C)(C)CC(C)(C)C)cc5)cc(-c5ccc(C(C)(C)CC(C)(C)C)cc5)c4)c3)c2)n(C)n1.CI.S=S.[Ir]. The third-order valence-corrected chi connectivity index (χ3v) is 18.0. The summed E-state index contributed by atoms with van der Waals surface area (Å²) in [5, 5.41) is 4.83. The van der Waals surface area contributed by atoms with E-state index in [-0.39, 0.29) is 70.9 Å². The minimum atomic E-state index is 0. The maximum Gasteiger partial charge on any atom is 0.140 e. The number of benzene rings is 8. The summed E-state index contributed by atoms with van der Waals surface area (Å²) in [6.07, 6.45) is 6.18. The van der Waals surface area contributed by atoms with Crippen LogP contribution in [0.2, 0.25) is 0 Å². The van der Waals surface area contributed by atoms with Gasteiger partial charge < -0.3 is 0 Å². The Hall–Kier alpha value is -5.28. The second-order valence-corrected chi connectivity index (χ2v) is 33.9. The molecule has 0 N–H and O–H groups in total. The van der Waals surface area contributed by atoms with E-state index >= 15 is 0 Å². The molecule has 0 amide bonds. The Labute approximate surface area is 614 Å². The first kappa shape index (κ1) is 80.4. The fraction of sp³-hybridized carbons (Fsp3) is 0.432. The van der Waals surface area contributed by atoms with Gasteiger partial charge >= 0.3 is 0 Å². The third kappa shape index (κ3) is 21.6. The van der Waals surface area contributed by atoms with E-state index in [1.165, 1.54) is 66.8 Å². The Kier molecular flexibility index (Phi) is 27.2. The average molecular weight is 1600 g/mol. The van der Waals surface area contributed by atoms with Crippen LogP contribution < -0.4 is 0 Å². The van der Waals surface area contributed by atoms with Crippen molar-refractivity contribution in [3.05, 3.63) is 204 Å². The zero-order valence-corrected chi connectivity index (χ0v) is 67.5. The summed E-state index contributed by atoms with van der Waals surface area (Å²) in [6.45, 7) is 49.5. The van der Waals surface area contributed by atoms with Gasteiger partial charge in [-0.25, -0.2) is 0 Å². The van der Waals surface area contributed by atoms with E-state index in [0.717, 1.165) is 89.1 Å². The molecule has 1 heterocycles. The number of hydrogen-bond acceptors (Lipinski definition) is 4. The fourth-order valence-corrected chi connectivity index (χ4v) is 15.3. The predicted octanol–water partition coefficient (Wildman–Crippen LogP) is 26.4. The summed E-state index contributed by atoms with van der Waals surface area (Å²) < 4.78 is 1.91. The van der Waals surface area contributed by atoms with E-state index in [2.05, 4.69) is 366 Å². The summed E-state index contributed by atoms with van der Waals surface area (Å²) in [7, 11) is 2.00. The van der Waals surface area contributed by atoms with Crippen LogP contribution in [0.3, 0.4) is 0 Å². The van der Waals surface area contributed by atoms with E-state index in [1.54, 1.807) is 0 Å². The summed E-state index contributed by atoms with van der Waals surface area (Å²) in [4.78, 5) is 7.02. The van der Waals surface area contributed by atoms with Crippen molar-refractivity contribution in [2.45, 2.75) is 213 Å². The van der Waals surface area contributed by atoms with Crippen molar-refractivity contribution < 1.29 is 20.1 Å². The second-order valence-electron chi connectivity index (χ2n) is 33.9. The zero-order valence-electron chi connectivity index (χ0n) is 61.3. The van der Waals surface area contributed by atoms with Crippen LogP contribution in [0.25, 0.3) is 89.3 Å². The normalized spacial score (nSPS) is 12.4. The quantitative estimate of drug-likeness (QED) is 0.0487. The summed E-state index contributed by atoms with van der Waals surface area (Å²) in [5.41, 5.74) is 23.7. The minimum Gasteiger partial charge on any atom is -0.289 e. The molecule has 0 aliphatic rings. The molecule has 8 aromatic carbocycles. The third-order valence-electron chi connectivity index (χ3n) is 18.0. The average Bonchev–Trinajstić information content (AvgIpc) is 0.824. The van der Waals surface area contributed by atoms with E-state index in [1.807, 2.05) is 16.7 Å². The van der Waals surface area contributed by atoms with Crippen molar-refractivity contribution in [1.29, 1.82) is 0 Å². The molecular formula is C88H113IIrN3S2-. The van der Waals surface area contributed by atoms with E-state index in [9.17, 15) is 0 Å². The molecule has 0 spiro atoms. The molecular weight excluding hydrogens is 1480 g/mol. The van der Waals surface area contributed by atoms with Crippen LogP contribution in [0.5, 0.6) is 0 Å². The Balaban J connectivity index is 0.00000267. The van der Waals surface area contributed by atoms with Gasteiger partial charge in [0.2, 0.25) is 0 Å². The second kappa shape index (κ2) is 32.1. The molecule has 7 heteroatoms. The molecule has 0 bridgehead atoms. The molecule has 9 aromatic rings. The number of alkyl halides is 1. The molecule has 0 saturated heterocycles. The van der Waals surface area contributed by atoms with Gasteiger partial charge in [-0.3, -0.25) is 9.67 Å². The molecule has 95 heavy (non-hydrogen) atoms. The topological polar surface area (TPSA) is 30.7 Å². The monoisotopic (exact) mass is 1600 g/mol. The Morgan fingerprint density at radius 3 is 0.821 bits per heavy atom. The maximum atomic E-state index is 5.05.